The lowest BCUT2D eigenvalue weighted by atomic mass is 10.1. The molecule has 0 fully saturated rings. The smallest absolute Gasteiger partial charge is 0.121 e. The van der Waals surface area contributed by atoms with Crippen molar-refractivity contribution in [2.24, 2.45) is 0 Å². The molecule has 0 heterocycles. The number of benzene rings is 1. The zero-order valence-corrected chi connectivity index (χ0v) is 11.3. The predicted molar refractivity (Wildman–Crippen MR) is 74.5 cm³/mol. The average Bonchev–Trinajstić information content (AvgIpc) is 2.29. The first-order chi connectivity index (χ1) is 8.17. The number of hydrogen-bond donors (Lipinski definition) is 1. The fourth-order valence-corrected chi connectivity index (χ4v) is 1.79. The fourth-order valence-electron chi connectivity index (χ4n) is 1.79. The quantitative estimate of drug-likeness (QED) is 0.760. The van der Waals surface area contributed by atoms with Crippen LogP contribution in [0.2, 0.25) is 0 Å². The highest BCUT2D eigenvalue weighted by Gasteiger charge is 1.98. The number of ether oxygens (including phenoxy) is 1. The number of aryl methyl sites for hydroxylation is 1. The summed E-state index contributed by atoms with van der Waals surface area (Å²) in [5.74, 6) is 0.948. The van der Waals surface area contributed by atoms with E-state index in [1.807, 2.05) is 6.07 Å². The Kier molecular flexibility index (Phi) is 5.78. The van der Waals surface area contributed by atoms with Crippen molar-refractivity contribution in [3.63, 3.8) is 0 Å². The molecule has 0 spiro atoms. The summed E-state index contributed by atoms with van der Waals surface area (Å²) in [6, 6.07) is 6.27. The molecule has 2 heteroatoms. The predicted octanol–water partition coefficient (Wildman–Crippen LogP) is 3.41. The number of methoxy groups -OCH3 is 1. The Bertz CT molecular complexity index is 383. The van der Waals surface area contributed by atoms with Crippen molar-refractivity contribution in [2.45, 2.75) is 27.2 Å². The Labute approximate surface area is 105 Å². The van der Waals surface area contributed by atoms with Gasteiger partial charge in [-0.25, -0.2) is 0 Å². The first-order valence-electron chi connectivity index (χ1n) is 6.20. The highest BCUT2D eigenvalue weighted by molar-refractivity contribution is 5.55. The van der Waals surface area contributed by atoms with Crippen LogP contribution in [-0.2, 0) is 0 Å². The summed E-state index contributed by atoms with van der Waals surface area (Å²) in [4.78, 5) is 0. The molecule has 17 heavy (non-hydrogen) atoms. The molecule has 94 valence electrons. The Balaban J connectivity index is 2.66. The third-order valence-electron chi connectivity index (χ3n) is 2.66. The maximum absolute atomic E-state index is 5.25. The van der Waals surface area contributed by atoms with Gasteiger partial charge in [-0.15, -0.1) is 0 Å². The standard InChI is InChI=1S/C15H23NO/c1-5-8-16-11-12(2)9-14-6-7-15(17-4)13(3)10-14/h6-7,9-10,16H,5,8,11H2,1-4H3. The van der Waals surface area contributed by atoms with E-state index in [4.69, 9.17) is 4.74 Å². The van der Waals surface area contributed by atoms with E-state index < -0.39 is 0 Å². The van der Waals surface area contributed by atoms with Crippen molar-refractivity contribution in [1.29, 1.82) is 0 Å². The third-order valence-corrected chi connectivity index (χ3v) is 2.66. The van der Waals surface area contributed by atoms with Gasteiger partial charge in [0.2, 0.25) is 0 Å². The normalized spacial score (nSPS) is 11.6. The Hall–Kier alpha value is -1.28. The van der Waals surface area contributed by atoms with E-state index >= 15 is 0 Å². The lowest BCUT2D eigenvalue weighted by Crippen LogP contribution is -2.16. The van der Waals surface area contributed by atoms with Crippen LogP contribution in [0.5, 0.6) is 5.75 Å². The Morgan fingerprint density at radius 3 is 2.76 bits per heavy atom. The maximum atomic E-state index is 5.25. The summed E-state index contributed by atoms with van der Waals surface area (Å²) in [6.07, 6.45) is 3.39. The van der Waals surface area contributed by atoms with E-state index in [9.17, 15) is 0 Å². The minimum Gasteiger partial charge on any atom is -0.496 e. The molecule has 2 nitrogen and oxygen atoms in total. The molecule has 0 unspecified atom stereocenters. The van der Waals surface area contributed by atoms with Crippen LogP contribution in [0.4, 0.5) is 0 Å². The van der Waals surface area contributed by atoms with E-state index in [1.165, 1.54) is 23.1 Å². The van der Waals surface area contributed by atoms with Gasteiger partial charge in [-0.1, -0.05) is 24.6 Å². The van der Waals surface area contributed by atoms with Gasteiger partial charge in [-0.2, -0.15) is 0 Å². The molecule has 1 aromatic carbocycles. The first-order valence-corrected chi connectivity index (χ1v) is 6.20. The minimum absolute atomic E-state index is 0.948. The number of nitrogens with one attached hydrogen (secondary N) is 1. The van der Waals surface area contributed by atoms with Gasteiger partial charge < -0.3 is 10.1 Å². The van der Waals surface area contributed by atoms with Gasteiger partial charge in [-0.3, -0.25) is 0 Å². The summed E-state index contributed by atoms with van der Waals surface area (Å²) >= 11 is 0. The third kappa shape index (κ3) is 4.61. The highest BCUT2D eigenvalue weighted by atomic mass is 16.5. The molecule has 0 bridgehead atoms. The number of hydrogen-bond acceptors (Lipinski definition) is 2. The topological polar surface area (TPSA) is 21.3 Å². The van der Waals surface area contributed by atoms with Crippen LogP contribution in [0, 0.1) is 6.92 Å². The van der Waals surface area contributed by atoms with Crippen molar-refractivity contribution < 1.29 is 4.74 Å². The molecule has 1 N–H and O–H groups in total. The monoisotopic (exact) mass is 233 g/mol. The second-order valence-corrected chi connectivity index (χ2v) is 4.40. The summed E-state index contributed by atoms with van der Waals surface area (Å²) < 4.78 is 5.25. The lowest BCUT2D eigenvalue weighted by Gasteiger charge is -2.07. The van der Waals surface area contributed by atoms with Gasteiger partial charge in [0, 0.05) is 6.54 Å². The lowest BCUT2D eigenvalue weighted by molar-refractivity contribution is 0.411. The molecule has 0 saturated heterocycles. The Morgan fingerprint density at radius 2 is 2.18 bits per heavy atom. The van der Waals surface area contributed by atoms with E-state index in [0.717, 1.165) is 18.8 Å². The van der Waals surface area contributed by atoms with Crippen LogP contribution in [0.25, 0.3) is 6.08 Å². The molecule has 0 aromatic heterocycles. The molecule has 0 aliphatic rings. The first kappa shape index (κ1) is 13.8. The van der Waals surface area contributed by atoms with E-state index in [0.29, 0.717) is 0 Å². The van der Waals surface area contributed by atoms with Gasteiger partial charge >= 0.3 is 0 Å². The highest BCUT2D eigenvalue weighted by Crippen LogP contribution is 2.19. The van der Waals surface area contributed by atoms with Crippen molar-refractivity contribution in [3.8, 4) is 5.75 Å². The number of rotatable bonds is 6. The molecular weight excluding hydrogens is 210 g/mol. The summed E-state index contributed by atoms with van der Waals surface area (Å²) in [5.41, 5.74) is 3.76. The maximum Gasteiger partial charge on any atom is 0.121 e. The average molecular weight is 233 g/mol. The van der Waals surface area contributed by atoms with Crippen LogP contribution < -0.4 is 10.1 Å². The van der Waals surface area contributed by atoms with Crippen LogP contribution >= 0.6 is 0 Å². The zero-order chi connectivity index (χ0) is 12.7. The Morgan fingerprint density at radius 1 is 1.41 bits per heavy atom. The molecule has 0 radical (unpaired) electrons. The van der Waals surface area contributed by atoms with E-state index in [1.54, 1.807) is 7.11 Å². The van der Waals surface area contributed by atoms with E-state index in [2.05, 4.69) is 44.3 Å². The SMILES string of the molecule is CCCNCC(C)=Cc1ccc(OC)c(C)c1. The fraction of sp³-hybridized carbons (Fsp3) is 0.467. The van der Waals surface area contributed by atoms with Crippen LogP contribution in [0.15, 0.2) is 23.8 Å². The van der Waals surface area contributed by atoms with E-state index in [-0.39, 0.29) is 0 Å². The summed E-state index contributed by atoms with van der Waals surface area (Å²) in [6.45, 7) is 8.44. The molecule has 0 amide bonds. The zero-order valence-electron chi connectivity index (χ0n) is 11.3. The van der Waals surface area contributed by atoms with Gasteiger partial charge in [0.25, 0.3) is 0 Å². The van der Waals surface area contributed by atoms with Gasteiger partial charge in [0.1, 0.15) is 5.75 Å². The molecular formula is C15H23NO. The second kappa shape index (κ2) is 7.13. The summed E-state index contributed by atoms with van der Waals surface area (Å²) in [7, 11) is 1.71. The molecule has 0 saturated carbocycles. The molecule has 1 rings (SSSR count). The largest absolute Gasteiger partial charge is 0.496 e. The van der Waals surface area contributed by atoms with Crippen molar-refractivity contribution >= 4 is 6.08 Å². The minimum atomic E-state index is 0.948. The molecule has 0 aliphatic heterocycles. The van der Waals surface area contributed by atoms with Crippen molar-refractivity contribution in [1.82, 2.24) is 5.32 Å². The van der Waals surface area contributed by atoms with Crippen LogP contribution in [0.1, 0.15) is 31.4 Å². The molecule has 0 atom stereocenters. The van der Waals surface area contributed by atoms with Gasteiger partial charge in [0.15, 0.2) is 0 Å². The van der Waals surface area contributed by atoms with Crippen molar-refractivity contribution in [2.75, 3.05) is 20.2 Å². The molecule has 1 aromatic rings. The van der Waals surface area contributed by atoms with Crippen LogP contribution in [-0.4, -0.2) is 20.2 Å². The van der Waals surface area contributed by atoms with Crippen molar-refractivity contribution in [3.05, 3.63) is 34.9 Å². The van der Waals surface area contributed by atoms with Gasteiger partial charge in [0.05, 0.1) is 7.11 Å². The summed E-state index contributed by atoms with van der Waals surface area (Å²) in [5, 5.41) is 3.40. The molecule has 0 aliphatic carbocycles. The second-order valence-electron chi connectivity index (χ2n) is 4.40. The van der Waals surface area contributed by atoms with Crippen LogP contribution in [0.3, 0.4) is 0 Å². The van der Waals surface area contributed by atoms with Gasteiger partial charge in [-0.05, 0) is 50.1 Å².